The predicted octanol–water partition coefficient (Wildman–Crippen LogP) is 1.73. The zero-order valence-corrected chi connectivity index (χ0v) is 9.52. The summed E-state index contributed by atoms with van der Waals surface area (Å²) < 4.78 is 11.0. The first-order chi connectivity index (χ1) is 7.31. The predicted molar refractivity (Wildman–Crippen MR) is 57.7 cm³/mol. The molecule has 0 heterocycles. The summed E-state index contributed by atoms with van der Waals surface area (Å²) in [6, 6.07) is 0. The molecule has 3 heteroatoms. The Bertz CT molecular complexity index is 189. The second-order valence-corrected chi connectivity index (χ2v) is 4.88. The third-order valence-electron chi connectivity index (χ3n) is 3.76. The van der Waals surface area contributed by atoms with Crippen molar-refractivity contribution in [2.75, 3.05) is 13.7 Å². The number of methoxy groups -OCH3 is 1. The molecule has 2 aliphatic carbocycles. The van der Waals surface area contributed by atoms with Crippen LogP contribution in [0.25, 0.3) is 0 Å². The molecule has 0 spiro atoms. The largest absolute Gasteiger partial charge is 0.390 e. The van der Waals surface area contributed by atoms with Crippen LogP contribution in [0, 0.1) is 5.92 Å². The van der Waals surface area contributed by atoms with E-state index in [0.717, 1.165) is 18.9 Å². The van der Waals surface area contributed by atoms with Crippen molar-refractivity contribution in [1.82, 2.24) is 0 Å². The molecule has 3 unspecified atom stereocenters. The van der Waals surface area contributed by atoms with E-state index in [1.54, 1.807) is 7.11 Å². The van der Waals surface area contributed by atoms with Gasteiger partial charge in [0.05, 0.1) is 12.2 Å². The van der Waals surface area contributed by atoms with Crippen LogP contribution in [0.1, 0.15) is 38.5 Å². The van der Waals surface area contributed by atoms with E-state index in [1.165, 1.54) is 32.1 Å². The van der Waals surface area contributed by atoms with Gasteiger partial charge >= 0.3 is 0 Å². The summed E-state index contributed by atoms with van der Waals surface area (Å²) in [6.07, 6.45) is 7.20. The van der Waals surface area contributed by atoms with Crippen LogP contribution in [0.4, 0.5) is 0 Å². The fourth-order valence-corrected chi connectivity index (χ4v) is 2.64. The zero-order valence-electron chi connectivity index (χ0n) is 9.52. The van der Waals surface area contributed by atoms with Crippen LogP contribution >= 0.6 is 0 Å². The van der Waals surface area contributed by atoms with E-state index in [-0.39, 0.29) is 18.3 Å². The van der Waals surface area contributed by atoms with Crippen LogP contribution in [-0.2, 0) is 9.47 Å². The third kappa shape index (κ3) is 2.71. The summed E-state index contributed by atoms with van der Waals surface area (Å²) in [5.41, 5.74) is 0. The maximum absolute atomic E-state index is 9.41. The average molecular weight is 214 g/mol. The van der Waals surface area contributed by atoms with Gasteiger partial charge < -0.3 is 14.6 Å². The summed E-state index contributed by atoms with van der Waals surface area (Å²) in [7, 11) is 1.64. The first-order valence-corrected chi connectivity index (χ1v) is 6.13. The Hall–Kier alpha value is -0.120. The van der Waals surface area contributed by atoms with Gasteiger partial charge in [-0.3, -0.25) is 0 Å². The minimum atomic E-state index is -0.314. The Morgan fingerprint density at radius 3 is 2.53 bits per heavy atom. The van der Waals surface area contributed by atoms with Gasteiger partial charge in [-0.2, -0.15) is 0 Å². The van der Waals surface area contributed by atoms with Crippen molar-refractivity contribution in [2.24, 2.45) is 5.92 Å². The van der Waals surface area contributed by atoms with E-state index in [4.69, 9.17) is 9.47 Å². The highest BCUT2D eigenvalue weighted by molar-refractivity contribution is 4.91. The standard InChI is InChI=1S/C12H22O3/c1-14-12-10(13)7-11(12)15-8-9-5-3-2-4-6-9/h9-13H,2-8H2,1H3. The molecule has 0 amide bonds. The molecular formula is C12H22O3. The Kier molecular flexibility index (Phi) is 4.00. The Morgan fingerprint density at radius 1 is 1.20 bits per heavy atom. The Balaban J connectivity index is 1.65. The van der Waals surface area contributed by atoms with Gasteiger partial charge in [0.25, 0.3) is 0 Å². The molecule has 1 N–H and O–H groups in total. The van der Waals surface area contributed by atoms with Crippen LogP contribution in [-0.4, -0.2) is 37.1 Å². The molecule has 0 aromatic carbocycles. The van der Waals surface area contributed by atoms with Gasteiger partial charge in [-0.05, 0) is 18.8 Å². The van der Waals surface area contributed by atoms with Gasteiger partial charge in [-0.1, -0.05) is 19.3 Å². The maximum Gasteiger partial charge on any atom is 0.109 e. The second kappa shape index (κ2) is 5.28. The van der Waals surface area contributed by atoms with Crippen LogP contribution in [0.3, 0.4) is 0 Å². The van der Waals surface area contributed by atoms with Crippen molar-refractivity contribution < 1.29 is 14.6 Å². The zero-order chi connectivity index (χ0) is 10.7. The summed E-state index contributed by atoms with van der Waals surface area (Å²) in [6.45, 7) is 0.858. The highest BCUT2D eigenvalue weighted by atomic mass is 16.5. The topological polar surface area (TPSA) is 38.7 Å². The van der Waals surface area contributed by atoms with E-state index in [2.05, 4.69) is 0 Å². The molecule has 2 fully saturated rings. The Labute approximate surface area is 91.8 Å². The molecule has 0 radical (unpaired) electrons. The highest BCUT2D eigenvalue weighted by Gasteiger charge is 2.41. The third-order valence-corrected chi connectivity index (χ3v) is 3.76. The first kappa shape index (κ1) is 11.4. The van der Waals surface area contributed by atoms with E-state index in [9.17, 15) is 5.11 Å². The lowest BCUT2D eigenvalue weighted by molar-refractivity contribution is -0.186. The van der Waals surface area contributed by atoms with Crippen LogP contribution in [0.2, 0.25) is 0 Å². The number of ether oxygens (including phenoxy) is 2. The van der Waals surface area contributed by atoms with Gasteiger partial charge in [-0.25, -0.2) is 0 Å². The lowest BCUT2D eigenvalue weighted by Crippen LogP contribution is -2.53. The number of rotatable bonds is 4. The van der Waals surface area contributed by atoms with Gasteiger partial charge in [0.2, 0.25) is 0 Å². The molecule has 2 rings (SSSR count). The minimum absolute atomic E-state index is 0.0893. The monoisotopic (exact) mass is 214 g/mol. The van der Waals surface area contributed by atoms with Crippen molar-refractivity contribution in [3.8, 4) is 0 Å². The molecule has 0 aliphatic heterocycles. The van der Waals surface area contributed by atoms with Crippen LogP contribution in [0.5, 0.6) is 0 Å². The van der Waals surface area contributed by atoms with Crippen molar-refractivity contribution in [3.05, 3.63) is 0 Å². The SMILES string of the molecule is COC1C(O)CC1OCC1CCCCC1. The number of aliphatic hydroxyl groups excluding tert-OH is 1. The number of hydrogen-bond donors (Lipinski definition) is 1. The summed E-state index contributed by atoms with van der Waals surface area (Å²) in [5, 5.41) is 9.41. The van der Waals surface area contributed by atoms with Crippen LogP contribution < -0.4 is 0 Å². The van der Waals surface area contributed by atoms with Crippen LogP contribution in [0.15, 0.2) is 0 Å². The first-order valence-electron chi connectivity index (χ1n) is 6.13. The summed E-state index contributed by atoms with van der Waals surface area (Å²) in [5.74, 6) is 0.744. The molecule has 0 aromatic heterocycles. The normalized spacial score (nSPS) is 37.6. The second-order valence-electron chi connectivity index (χ2n) is 4.88. The molecule has 0 bridgehead atoms. The van der Waals surface area contributed by atoms with E-state index < -0.39 is 0 Å². The van der Waals surface area contributed by atoms with E-state index in [1.807, 2.05) is 0 Å². The molecule has 3 atom stereocenters. The van der Waals surface area contributed by atoms with Crippen molar-refractivity contribution in [3.63, 3.8) is 0 Å². The van der Waals surface area contributed by atoms with Crippen molar-refractivity contribution >= 4 is 0 Å². The summed E-state index contributed by atoms with van der Waals surface area (Å²) in [4.78, 5) is 0. The molecule has 15 heavy (non-hydrogen) atoms. The maximum atomic E-state index is 9.41. The van der Waals surface area contributed by atoms with Gasteiger partial charge in [0.1, 0.15) is 6.10 Å². The minimum Gasteiger partial charge on any atom is -0.390 e. The van der Waals surface area contributed by atoms with Gasteiger partial charge in [-0.15, -0.1) is 0 Å². The average Bonchev–Trinajstić information content (AvgIpc) is 2.26. The highest BCUT2D eigenvalue weighted by Crippen LogP contribution is 2.29. The van der Waals surface area contributed by atoms with Gasteiger partial charge in [0, 0.05) is 20.1 Å². The molecule has 2 saturated carbocycles. The molecule has 3 nitrogen and oxygen atoms in total. The van der Waals surface area contributed by atoms with Gasteiger partial charge in [0.15, 0.2) is 0 Å². The Morgan fingerprint density at radius 2 is 1.93 bits per heavy atom. The summed E-state index contributed by atoms with van der Waals surface area (Å²) >= 11 is 0. The molecule has 0 saturated heterocycles. The lowest BCUT2D eigenvalue weighted by atomic mass is 9.87. The quantitative estimate of drug-likeness (QED) is 0.774. The number of hydrogen-bond acceptors (Lipinski definition) is 3. The smallest absolute Gasteiger partial charge is 0.109 e. The number of aliphatic hydroxyl groups is 1. The molecule has 2 aliphatic rings. The molecule has 0 aromatic rings. The molecule has 88 valence electrons. The fourth-order valence-electron chi connectivity index (χ4n) is 2.64. The lowest BCUT2D eigenvalue weighted by Gasteiger charge is -2.40. The molecular weight excluding hydrogens is 192 g/mol. The van der Waals surface area contributed by atoms with E-state index in [0.29, 0.717) is 0 Å². The van der Waals surface area contributed by atoms with Crippen molar-refractivity contribution in [2.45, 2.75) is 56.8 Å². The van der Waals surface area contributed by atoms with Crippen molar-refractivity contribution in [1.29, 1.82) is 0 Å². The van der Waals surface area contributed by atoms with E-state index >= 15 is 0 Å². The fraction of sp³-hybridized carbons (Fsp3) is 1.00.